The number of ether oxygens (including phenoxy) is 1. The van der Waals surface area contributed by atoms with E-state index in [2.05, 4.69) is 15.4 Å². The molecule has 0 spiro atoms. The van der Waals surface area contributed by atoms with Crippen LogP contribution in [-0.4, -0.2) is 39.6 Å². The highest BCUT2D eigenvalue weighted by Gasteiger charge is 2.23. The second-order valence-corrected chi connectivity index (χ2v) is 8.13. The van der Waals surface area contributed by atoms with E-state index in [1.165, 1.54) is 6.07 Å². The SMILES string of the molecule is Nc1ncc(-c2cnn(C3CCNCC3)c2)cc1OC(CO)c1c(Cl)ccc(F)c1Cl. The van der Waals surface area contributed by atoms with Crippen LogP contribution in [0.5, 0.6) is 5.75 Å². The fourth-order valence-corrected chi connectivity index (χ4v) is 4.26. The Morgan fingerprint density at radius 1 is 1.26 bits per heavy atom. The summed E-state index contributed by atoms with van der Waals surface area (Å²) in [5, 5.41) is 17.7. The Labute approximate surface area is 188 Å². The number of anilines is 1. The first-order valence-electron chi connectivity index (χ1n) is 9.89. The molecular formula is C21H22Cl2FN5O2. The van der Waals surface area contributed by atoms with E-state index in [9.17, 15) is 9.50 Å². The number of nitrogens with two attached hydrogens (primary N) is 1. The van der Waals surface area contributed by atoms with E-state index in [1.54, 1.807) is 18.5 Å². The van der Waals surface area contributed by atoms with Crippen LogP contribution in [0.15, 0.2) is 36.8 Å². The zero-order valence-corrected chi connectivity index (χ0v) is 18.1. The van der Waals surface area contributed by atoms with Crippen molar-refractivity contribution in [1.29, 1.82) is 0 Å². The second kappa shape index (κ2) is 9.40. The molecular weight excluding hydrogens is 444 g/mol. The van der Waals surface area contributed by atoms with Crippen molar-refractivity contribution in [1.82, 2.24) is 20.1 Å². The van der Waals surface area contributed by atoms with Crippen molar-refractivity contribution in [2.45, 2.75) is 25.0 Å². The number of aliphatic hydroxyl groups excluding tert-OH is 1. The summed E-state index contributed by atoms with van der Waals surface area (Å²) in [6, 6.07) is 4.57. The van der Waals surface area contributed by atoms with Crippen LogP contribution >= 0.6 is 23.2 Å². The lowest BCUT2D eigenvalue weighted by Crippen LogP contribution is -2.29. The number of aromatic nitrogens is 3. The van der Waals surface area contributed by atoms with Gasteiger partial charge in [-0.2, -0.15) is 5.10 Å². The van der Waals surface area contributed by atoms with Crippen molar-refractivity contribution < 1.29 is 14.2 Å². The van der Waals surface area contributed by atoms with Gasteiger partial charge in [0.15, 0.2) is 11.6 Å². The van der Waals surface area contributed by atoms with Gasteiger partial charge in [0.1, 0.15) is 11.9 Å². The largest absolute Gasteiger partial charge is 0.479 e. The second-order valence-electron chi connectivity index (χ2n) is 7.34. The van der Waals surface area contributed by atoms with Crippen molar-refractivity contribution in [2.24, 2.45) is 0 Å². The van der Waals surface area contributed by atoms with E-state index in [0.717, 1.165) is 43.1 Å². The fourth-order valence-electron chi connectivity index (χ4n) is 3.64. The number of pyridine rings is 1. The zero-order chi connectivity index (χ0) is 22.0. The lowest BCUT2D eigenvalue weighted by atomic mass is 10.1. The topological polar surface area (TPSA) is 98.2 Å². The van der Waals surface area contributed by atoms with E-state index in [0.29, 0.717) is 6.04 Å². The first-order chi connectivity index (χ1) is 15.0. The molecule has 1 aliphatic rings. The molecule has 1 aliphatic heterocycles. The molecule has 10 heteroatoms. The first-order valence-corrected chi connectivity index (χ1v) is 10.6. The number of halogens is 3. The van der Waals surface area contributed by atoms with Crippen LogP contribution in [0.1, 0.15) is 30.6 Å². The molecule has 164 valence electrons. The average Bonchev–Trinajstić information content (AvgIpc) is 3.28. The number of hydrogen-bond acceptors (Lipinski definition) is 6. The van der Waals surface area contributed by atoms with E-state index in [-0.39, 0.29) is 27.2 Å². The summed E-state index contributed by atoms with van der Waals surface area (Å²) in [6.07, 6.45) is 6.38. The molecule has 1 saturated heterocycles. The van der Waals surface area contributed by atoms with Gasteiger partial charge in [0.05, 0.1) is 23.9 Å². The van der Waals surface area contributed by atoms with Crippen molar-refractivity contribution in [3.05, 3.63) is 58.2 Å². The summed E-state index contributed by atoms with van der Waals surface area (Å²) in [5.41, 5.74) is 7.75. The van der Waals surface area contributed by atoms with Gasteiger partial charge in [-0.1, -0.05) is 23.2 Å². The Hall–Kier alpha value is -2.39. The summed E-state index contributed by atoms with van der Waals surface area (Å²) < 4.78 is 21.8. The summed E-state index contributed by atoms with van der Waals surface area (Å²) in [6.45, 7) is 1.45. The van der Waals surface area contributed by atoms with Crippen molar-refractivity contribution in [2.75, 3.05) is 25.4 Å². The predicted octanol–water partition coefficient (Wildman–Crippen LogP) is 4.01. The van der Waals surface area contributed by atoms with E-state index in [4.69, 9.17) is 33.7 Å². The molecule has 2 aromatic heterocycles. The lowest BCUT2D eigenvalue weighted by Gasteiger charge is -2.22. The Morgan fingerprint density at radius 3 is 2.77 bits per heavy atom. The third-order valence-electron chi connectivity index (χ3n) is 5.34. The number of hydrogen-bond donors (Lipinski definition) is 3. The zero-order valence-electron chi connectivity index (χ0n) is 16.6. The van der Waals surface area contributed by atoms with Crippen LogP contribution in [0.25, 0.3) is 11.1 Å². The molecule has 1 fully saturated rings. The van der Waals surface area contributed by atoms with Gasteiger partial charge < -0.3 is 20.9 Å². The minimum atomic E-state index is -1.02. The summed E-state index contributed by atoms with van der Waals surface area (Å²) in [5.74, 6) is -0.313. The summed E-state index contributed by atoms with van der Waals surface area (Å²) >= 11 is 12.2. The Bertz CT molecular complexity index is 1070. The number of nitrogen functional groups attached to an aromatic ring is 1. The molecule has 1 aromatic carbocycles. The van der Waals surface area contributed by atoms with Crippen LogP contribution in [0.4, 0.5) is 10.2 Å². The van der Waals surface area contributed by atoms with Crippen LogP contribution in [0, 0.1) is 5.82 Å². The smallest absolute Gasteiger partial charge is 0.166 e. The van der Waals surface area contributed by atoms with Gasteiger partial charge in [-0.3, -0.25) is 4.68 Å². The van der Waals surface area contributed by atoms with Gasteiger partial charge in [0.25, 0.3) is 0 Å². The third kappa shape index (κ3) is 4.62. The van der Waals surface area contributed by atoms with E-state index in [1.807, 2.05) is 10.9 Å². The van der Waals surface area contributed by atoms with Crippen molar-refractivity contribution >= 4 is 29.0 Å². The van der Waals surface area contributed by atoms with E-state index >= 15 is 0 Å². The number of rotatable bonds is 6. The molecule has 0 bridgehead atoms. The molecule has 0 aliphatic carbocycles. The standard InChI is InChI=1S/C21H22Cl2FN5O2/c22-15-1-2-16(24)20(23)19(15)18(11-30)31-17-7-12(8-27-21(17)25)13-9-28-29(10-13)14-3-5-26-6-4-14/h1-2,7-10,14,18,26,30H,3-6,11H2,(H2,25,27). The molecule has 1 atom stereocenters. The van der Waals surface area contributed by atoms with Gasteiger partial charge in [0.2, 0.25) is 0 Å². The highest BCUT2D eigenvalue weighted by Crippen LogP contribution is 2.37. The van der Waals surface area contributed by atoms with Crippen molar-refractivity contribution in [3.63, 3.8) is 0 Å². The summed E-state index contributed by atoms with van der Waals surface area (Å²) in [4.78, 5) is 4.20. The molecule has 7 nitrogen and oxygen atoms in total. The summed E-state index contributed by atoms with van der Waals surface area (Å²) in [7, 11) is 0. The number of aliphatic hydroxyl groups is 1. The fraction of sp³-hybridized carbons (Fsp3) is 0.333. The van der Waals surface area contributed by atoms with Gasteiger partial charge in [-0.05, 0) is 44.1 Å². The van der Waals surface area contributed by atoms with Gasteiger partial charge >= 0.3 is 0 Å². The Kier molecular flexibility index (Phi) is 6.62. The minimum Gasteiger partial charge on any atom is -0.479 e. The molecule has 0 amide bonds. The van der Waals surface area contributed by atoms with Crippen LogP contribution in [0.2, 0.25) is 10.0 Å². The third-order valence-corrected chi connectivity index (χ3v) is 6.05. The molecule has 4 rings (SSSR count). The average molecular weight is 466 g/mol. The monoisotopic (exact) mass is 465 g/mol. The first kappa shape index (κ1) is 21.8. The Morgan fingerprint density at radius 2 is 2.03 bits per heavy atom. The molecule has 0 radical (unpaired) electrons. The van der Waals surface area contributed by atoms with Crippen LogP contribution in [-0.2, 0) is 0 Å². The number of nitrogens with zero attached hydrogens (tertiary/aromatic N) is 3. The van der Waals surface area contributed by atoms with Gasteiger partial charge in [-0.15, -0.1) is 0 Å². The lowest BCUT2D eigenvalue weighted by molar-refractivity contribution is 0.117. The number of nitrogens with one attached hydrogen (secondary N) is 1. The van der Waals surface area contributed by atoms with Crippen LogP contribution in [0.3, 0.4) is 0 Å². The minimum absolute atomic E-state index is 0.122. The normalized spacial score (nSPS) is 15.7. The van der Waals surface area contributed by atoms with Gasteiger partial charge in [-0.25, -0.2) is 9.37 Å². The maximum Gasteiger partial charge on any atom is 0.166 e. The molecule has 31 heavy (non-hydrogen) atoms. The molecule has 1 unspecified atom stereocenters. The highest BCUT2D eigenvalue weighted by molar-refractivity contribution is 6.36. The molecule has 3 aromatic rings. The molecule has 4 N–H and O–H groups in total. The van der Waals surface area contributed by atoms with E-state index < -0.39 is 18.5 Å². The molecule has 3 heterocycles. The molecule has 0 saturated carbocycles. The number of piperidine rings is 1. The maximum absolute atomic E-state index is 13.9. The maximum atomic E-state index is 13.9. The van der Waals surface area contributed by atoms with Crippen LogP contribution < -0.4 is 15.8 Å². The quantitative estimate of drug-likeness (QED) is 0.475. The van der Waals surface area contributed by atoms with Crippen molar-refractivity contribution in [3.8, 4) is 16.9 Å². The highest BCUT2D eigenvalue weighted by atomic mass is 35.5. The Balaban J connectivity index is 1.61. The number of benzene rings is 1. The van der Waals surface area contributed by atoms with Gasteiger partial charge in [0, 0.05) is 34.1 Å². The predicted molar refractivity (Wildman–Crippen MR) is 118 cm³/mol.